The second kappa shape index (κ2) is 2.41. The van der Waals surface area contributed by atoms with Gasteiger partial charge in [0.15, 0.2) is 5.79 Å². The minimum atomic E-state index is -1.90. The smallest absolute Gasteiger partial charge is 0.190 e. The van der Waals surface area contributed by atoms with Crippen LogP contribution in [0.3, 0.4) is 0 Å². The standard InChI is InChI=1S/C4H12N2O2/c1-3(6)4(7,8)2-5/h3,7-8H,2,5-6H2,1H3. The van der Waals surface area contributed by atoms with Crippen molar-refractivity contribution >= 4 is 0 Å². The summed E-state index contributed by atoms with van der Waals surface area (Å²) in [4.78, 5) is 0. The maximum Gasteiger partial charge on any atom is 0.190 e. The molecule has 0 aromatic heterocycles. The minimum absolute atomic E-state index is 0.231. The zero-order valence-electron chi connectivity index (χ0n) is 4.83. The van der Waals surface area contributed by atoms with Crippen LogP contribution >= 0.6 is 0 Å². The van der Waals surface area contributed by atoms with E-state index in [0.717, 1.165) is 0 Å². The fourth-order valence-corrected chi connectivity index (χ4v) is 0.186. The van der Waals surface area contributed by atoms with Gasteiger partial charge in [-0.3, -0.25) is 0 Å². The Balaban J connectivity index is 3.71. The van der Waals surface area contributed by atoms with E-state index in [1.54, 1.807) is 0 Å². The highest BCUT2D eigenvalue weighted by molar-refractivity contribution is 4.74. The van der Waals surface area contributed by atoms with Crippen molar-refractivity contribution in [3.8, 4) is 0 Å². The predicted molar refractivity (Wildman–Crippen MR) is 29.9 cm³/mol. The SMILES string of the molecule is CC(N)C(O)(O)CN. The monoisotopic (exact) mass is 120 g/mol. The van der Waals surface area contributed by atoms with E-state index >= 15 is 0 Å². The lowest BCUT2D eigenvalue weighted by molar-refractivity contribution is -0.164. The van der Waals surface area contributed by atoms with E-state index < -0.39 is 11.8 Å². The van der Waals surface area contributed by atoms with Gasteiger partial charge in [-0.15, -0.1) is 0 Å². The third kappa shape index (κ3) is 1.75. The van der Waals surface area contributed by atoms with Crippen LogP contribution in [0, 0.1) is 0 Å². The molecule has 0 aliphatic rings. The number of nitrogens with two attached hydrogens (primary N) is 2. The largest absolute Gasteiger partial charge is 0.363 e. The van der Waals surface area contributed by atoms with Crippen molar-refractivity contribution in [1.29, 1.82) is 0 Å². The van der Waals surface area contributed by atoms with Crippen molar-refractivity contribution < 1.29 is 10.2 Å². The fraction of sp³-hybridized carbons (Fsp3) is 1.00. The first kappa shape index (κ1) is 7.84. The minimum Gasteiger partial charge on any atom is -0.363 e. The summed E-state index contributed by atoms with van der Waals surface area (Å²) in [5.74, 6) is -1.90. The Bertz CT molecular complexity index is 72.4. The van der Waals surface area contributed by atoms with Crippen molar-refractivity contribution in [3.63, 3.8) is 0 Å². The number of hydrogen-bond donors (Lipinski definition) is 4. The Hall–Kier alpha value is -0.160. The number of rotatable bonds is 2. The molecule has 0 bridgehead atoms. The molecular formula is C4H12N2O2. The molecule has 8 heavy (non-hydrogen) atoms. The van der Waals surface area contributed by atoms with E-state index in [-0.39, 0.29) is 6.54 Å². The molecule has 6 N–H and O–H groups in total. The highest BCUT2D eigenvalue weighted by Crippen LogP contribution is 1.98. The zero-order chi connectivity index (χ0) is 6.78. The molecule has 0 aromatic carbocycles. The van der Waals surface area contributed by atoms with Crippen LogP contribution in [0.4, 0.5) is 0 Å². The van der Waals surface area contributed by atoms with Crippen LogP contribution in [-0.2, 0) is 0 Å². The molecule has 0 rings (SSSR count). The van der Waals surface area contributed by atoms with Gasteiger partial charge in [-0.05, 0) is 6.92 Å². The summed E-state index contributed by atoms with van der Waals surface area (Å²) in [7, 11) is 0. The first-order valence-corrected chi connectivity index (χ1v) is 2.41. The van der Waals surface area contributed by atoms with E-state index in [4.69, 9.17) is 21.7 Å². The Kier molecular flexibility index (Phi) is 2.36. The van der Waals surface area contributed by atoms with E-state index in [9.17, 15) is 0 Å². The number of aliphatic hydroxyl groups is 2. The van der Waals surface area contributed by atoms with Crippen LogP contribution in [0.2, 0.25) is 0 Å². The van der Waals surface area contributed by atoms with Crippen LogP contribution in [0.5, 0.6) is 0 Å². The predicted octanol–water partition coefficient (Wildman–Crippen LogP) is -2.03. The topological polar surface area (TPSA) is 92.5 Å². The molecule has 4 heteroatoms. The molecule has 50 valence electrons. The van der Waals surface area contributed by atoms with Gasteiger partial charge in [-0.1, -0.05) is 0 Å². The van der Waals surface area contributed by atoms with Crippen molar-refractivity contribution in [2.45, 2.75) is 18.8 Å². The Labute approximate surface area is 48.1 Å². The molecule has 1 atom stereocenters. The summed E-state index contributed by atoms with van der Waals surface area (Å²) in [6, 6.07) is -0.701. The molecule has 0 saturated carbocycles. The highest BCUT2D eigenvalue weighted by atomic mass is 16.5. The first-order valence-electron chi connectivity index (χ1n) is 2.41. The summed E-state index contributed by atoms with van der Waals surface area (Å²) in [6.45, 7) is 1.25. The third-order valence-electron chi connectivity index (χ3n) is 1.03. The Morgan fingerprint density at radius 2 is 2.00 bits per heavy atom. The van der Waals surface area contributed by atoms with Gasteiger partial charge in [-0.25, -0.2) is 0 Å². The van der Waals surface area contributed by atoms with E-state index in [2.05, 4.69) is 0 Å². The third-order valence-corrected chi connectivity index (χ3v) is 1.03. The molecule has 4 nitrogen and oxygen atoms in total. The normalized spacial score (nSPS) is 16.1. The van der Waals surface area contributed by atoms with E-state index in [1.807, 2.05) is 0 Å². The van der Waals surface area contributed by atoms with Gasteiger partial charge >= 0.3 is 0 Å². The molecule has 0 amide bonds. The summed E-state index contributed by atoms with van der Waals surface area (Å²) in [6.07, 6.45) is 0. The molecule has 0 aliphatic heterocycles. The maximum atomic E-state index is 8.71. The first-order chi connectivity index (χ1) is 3.50. The van der Waals surface area contributed by atoms with Crippen molar-refractivity contribution in [2.24, 2.45) is 11.5 Å². The lowest BCUT2D eigenvalue weighted by Gasteiger charge is -2.22. The molecule has 0 heterocycles. The molecule has 1 unspecified atom stereocenters. The second-order valence-electron chi connectivity index (χ2n) is 1.87. The molecule has 0 aromatic rings. The average molecular weight is 120 g/mol. The summed E-state index contributed by atoms with van der Waals surface area (Å²) >= 11 is 0. The zero-order valence-corrected chi connectivity index (χ0v) is 4.83. The Morgan fingerprint density at radius 3 is 2.00 bits per heavy atom. The average Bonchev–Trinajstić information content (AvgIpc) is 1.67. The molecule has 0 saturated heterocycles. The number of hydrogen-bond acceptors (Lipinski definition) is 4. The lowest BCUT2D eigenvalue weighted by atomic mass is 10.1. The quantitative estimate of drug-likeness (QED) is 0.316. The van der Waals surface area contributed by atoms with E-state index in [0.29, 0.717) is 0 Å². The van der Waals surface area contributed by atoms with Gasteiger partial charge in [0, 0.05) is 6.54 Å². The van der Waals surface area contributed by atoms with Gasteiger partial charge in [-0.2, -0.15) is 0 Å². The van der Waals surface area contributed by atoms with Gasteiger partial charge in [0.25, 0.3) is 0 Å². The lowest BCUT2D eigenvalue weighted by Crippen LogP contribution is -2.51. The van der Waals surface area contributed by atoms with Crippen LogP contribution in [0.1, 0.15) is 6.92 Å². The molecule has 0 fully saturated rings. The summed E-state index contributed by atoms with van der Waals surface area (Å²) < 4.78 is 0. The van der Waals surface area contributed by atoms with Crippen LogP contribution < -0.4 is 11.5 Å². The van der Waals surface area contributed by atoms with Crippen molar-refractivity contribution in [3.05, 3.63) is 0 Å². The molecule has 0 aliphatic carbocycles. The molecular weight excluding hydrogens is 108 g/mol. The van der Waals surface area contributed by atoms with Crippen molar-refractivity contribution in [1.82, 2.24) is 0 Å². The van der Waals surface area contributed by atoms with Crippen molar-refractivity contribution in [2.75, 3.05) is 6.54 Å². The van der Waals surface area contributed by atoms with E-state index in [1.165, 1.54) is 6.92 Å². The van der Waals surface area contributed by atoms with Gasteiger partial charge in [0.05, 0.1) is 6.04 Å². The van der Waals surface area contributed by atoms with Crippen LogP contribution in [0.25, 0.3) is 0 Å². The summed E-state index contributed by atoms with van der Waals surface area (Å²) in [5.41, 5.74) is 10.0. The summed E-state index contributed by atoms with van der Waals surface area (Å²) in [5, 5.41) is 17.4. The van der Waals surface area contributed by atoms with Gasteiger partial charge < -0.3 is 21.7 Å². The maximum absolute atomic E-state index is 8.71. The fourth-order valence-electron chi connectivity index (χ4n) is 0.186. The molecule has 0 spiro atoms. The second-order valence-corrected chi connectivity index (χ2v) is 1.87. The van der Waals surface area contributed by atoms with Crippen LogP contribution in [-0.4, -0.2) is 28.6 Å². The van der Waals surface area contributed by atoms with Gasteiger partial charge in [0.2, 0.25) is 0 Å². The molecule has 0 radical (unpaired) electrons. The van der Waals surface area contributed by atoms with Gasteiger partial charge in [0.1, 0.15) is 0 Å². The Morgan fingerprint density at radius 1 is 1.62 bits per heavy atom. The highest BCUT2D eigenvalue weighted by Gasteiger charge is 2.25. The van der Waals surface area contributed by atoms with Crippen LogP contribution in [0.15, 0.2) is 0 Å².